The molecular formula is C10H14N4O3. The number of aromatic amines is 1. The Balaban J connectivity index is 2.26. The number of nitrogens with two attached hydrogens (primary N) is 1. The second-order valence-electron chi connectivity index (χ2n) is 4.19. The molecule has 7 nitrogen and oxygen atoms in total. The molecule has 7 heteroatoms. The van der Waals surface area contributed by atoms with Crippen molar-refractivity contribution in [3.05, 3.63) is 16.7 Å². The van der Waals surface area contributed by atoms with Gasteiger partial charge in [-0.1, -0.05) is 0 Å². The van der Waals surface area contributed by atoms with Crippen LogP contribution in [0.15, 0.2) is 11.1 Å². The van der Waals surface area contributed by atoms with Crippen LogP contribution in [0.5, 0.6) is 0 Å². The molecule has 4 N–H and O–H groups in total. The SMILES string of the molecule is Nc1c(N(CC(=O)O)CC2CC2)nc[nH]c1=O. The summed E-state index contributed by atoms with van der Waals surface area (Å²) >= 11 is 0. The highest BCUT2D eigenvalue weighted by Gasteiger charge is 2.27. The lowest BCUT2D eigenvalue weighted by Gasteiger charge is -2.22. The number of hydrogen-bond donors (Lipinski definition) is 3. The van der Waals surface area contributed by atoms with Crippen molar-refractivity contribution in [2.24, 2.45) is 5.92 Å². The van der Waals surface area contributed by atoms with Crippen molar-refractivity contribution in [1.29, 1.82) is 0 Å². The summed E-state index contributed by atoms with van der Waals surface area (Å²) in [5.41, 5.74) is 5.14. The van der Waals surface area contributed by atoms with Crippen LogP contribution in [0, 0.1) is 5.92 Å². The van der Waals surface area contributed by atoms with E-state index in [1.807, 2.05) is 0 Å². The molecule has 92 valence electrons. The Bertz CT molecular complexity index is 481. The molecule has 17 heavy (non-hydrogen) atoms. The van der Waals surface area contributed by atoms with E-state index in [1.165, 1.54) is 6.33 Å². The smallest absolute Gasteiger partial charge is 0.323 e. The number of carboxylic acid groups (broad SMARTS) is 1. The number of hydrogen-bond acceptors (Lipinski definition) is 5. The summed E-state index contributed by atoms with van der Waals surface area (Å²) in [6.07, 6.45) is 3.40. The number of carbonyl (C=O) groups is 1. The first-order valence-corrected chi connectivity index (χ1v) is 5.38. The van der Waals surface area contributed by atoms with Crippen molar-refractivity contribution >= 4 is 17.5 Å². The first-order valence-electron chi connectivity index (χ1n) is 5.38. The van der Waals surface area contributed by atoms with Crippen molar-refractivity contribution in [2.45, 2.75) is 12.8 Å². The highest BCUT2D eigenvalue weighted by atomic mass is 16.4. The number of aliphatic carboxylic acids is 1. The van der Waals surface area contributed by atoms with Crippen LogP contribution in [0.4, 0.5) is 11.5 Å². The number of nitrogen functional groups attached to an aromatic ring is 1. The third kappa shape index (κ3) is 2.74. The molecule has 1 heterocycles. The molecule has 0 atom stereocenters. The molecule has 0 amide bonds. The second-order valence-corrected chi connectivity index (χ2v) is 4.19. The van der Waals surface area contributed by atoms with Crippen LogP contribution in [-0.2, 0) is 4.79 Å². The first kappa shape index (κ1) is 11.4. The molecule has 1 aliphatic carbocycles. The van der Waals surface area contributed by atoms with Crippen LogP contribution in [-0.4, -0.2) is 34.1 Å². The molecule has 0 aliphatic heterocycles. The number of aromatic nitrogens is 2. The molecular weight excluding hydrogens is 224 g/mol. The van der Waals surface area contributed by atoms with Gasteiger partial charge in [0.25, 0.3) is 5.56 Å². The maximum atomic E-state index is 11.3. The lowest BCUT2D eigenvalue weighted by atomic mass is 10.3. The number of H-pyrrole nitrogens is 1. The van der Waals surface area contributed by atoms with Gasteiger partial charge in [-0.15, -0.1) is 0 Å². The Labute approximate surface area is 97.3 Å². The second kappa shape index (κ2) is 4.44. The van der Waals surface area contributed by atoms with Gasteiger partial charge in [0.2, 0.25) is 0 Å². The van der Waals surface area contributed by atoms with E-state index in [4.69, 9.17) is 10.8 Å². The quantitative estimate of drug-likeness (QED) is 0.646. The summed E-state index contributed by atoms with van der Waals surface area (Å²) in [6.45, 7) is 0.379. The van der Waals surface area contributed by atoms with Crippen molar-refractivity contribution in [3.63, 3.8) is 0 Å². The number of anilines is 2. The average molecular weight is 238 g/mol. The minimum absolute atomic E-state index is 0.0330. The number of carboxylic acids is 1. The largest absolute Gasteiger partial charge is 0.480 e. The standard InChI is InChI=1S/C10H14N4O3/c11-8-9(12-5-13-10(8)17)14(4-7(15)16)3-6-1-2-6/h5-6H,1-4,11H2,(H,15,16)(H,12,13,17). The van der Waals surface area contributed by atoms with Crippen LogP contribution in [0.2, 0.25) is 0 Å². The van der Waals surface area contributed by atoms with Gasteiger partial charge < -0.3 is 20.7 Å². The van der Waals surface area contributed by atoms with E-state index in [-0.39, 0.29) is 18.1 Å². The Morgan fingerprint density at radius 1 is 1.65 bits per heavy atom. The lowest BCUT2D eigenvalue weighted by molar-refractivity contribution is -0.135. The maximum Gasteiger partial charge on any atom is 0.323 e. The minimum atomic E-state index is -0.966. The average Bonchev–Trinajstić information content (AvgIpc) is 3.04. The summed E-state index contributed by atoms with van der Waals surface area (Å²) in [5, 5.41) is 8.84. The Morgan fingerprint density at radius 3 is 2.94 bits per heavy atom. The summed E-state index contributed by atoms with van der Waals surface area (Å²) in [5.74, 6) is -0.231. The van der Waals surface area contributed by atoms with E-state index < -0.39 is 11.5 Å². The molecule has 2 rings (SSSR count). The van der Waals surface area contributed by atoms with Gasteiger partial charge >= 0.3 is 5.97 Å². The molecule has 1 aromatic rings. The zero-order valence-corrected chi connectivity index (χ0v) is 9.22. The van der Waals surface area contributed by atoms with Crippen LogP contribution in [0.1, 0.15) is 12.8 Å². The number of nitrogens with one attached hydrogen (secondary N) is 1. The fraction of sp³-hybridized carbons (Fsp3) is 0.500. The van der Waals surface area contributed by atoms with Crippen LogP contribution in [0.25, 0.3) is 0 Å². The molecule has 0 saturated heterocycles. The van der Waals surface area contributed by atoms with Gasteiger partial charge in [0, 0.05) is 6.54 Å². The number of rotatable bonds is 5. The summed E-state index contributed by atoms with van der Waals surface area (Å²) < 4.78 is 0. The third-order valence-electron chi connectivity index (χ3n) is 2.67. The van der Waals surface area contributed by atoms with E-state index in [1.54, 1.807) is 4.90 Å². The fourth-order valence-electron chi connectivity index (χ4n) is 1.65. The first-order chi connectivity index (χ1) is 8.08. The topological polar surface area (TPSA) is 112 Å². The molecule has 0 spiro atoms. The van der Waals surface area contributed by atoms with Gasteiger partial charge in [-0.25, -0.2) is 4.98 Å². The van der Waals surface area contributed by atoms with E-state index in [0.717, 1.165) is 12.8 Å². The summed E-state index contributed by atoms with van der Waals surface area (Å²) in [4.78, 5) is 30.0. The Morgan fingerprint density at radius 2 is 2.35 bits per heavy atom. The highest BCUT2D eigenvalue weighted by Crippen LogP contribution is 2.31. The van der Waals surface area contributed by atoms with Crippen LogP contribution >= 0.6 is 0 Å². The monoisotopic (exact) mass is 238 g/mol. The normalized spacial score (nSPS) is 14.6. The lowest BCUT2D eigenvalue weighted by Crippen LogP contribution is -2.34. The molecule has 0 radical (unpaired) electrons. The zero-order chi connectivity index (χ0) is 12.4. The van der Waals surface area contributed by atoms with Gasteiger partial charge in [-0.05, 0) is 18.8 Å². The van der Waals surface area contributed by atoms with Gasteiger partial charge in [-0.3, -0.25) is 9.59 Å². The van der Waals surface area contributed by atoms with E-state index in [0.29, 0.717) is 12.5 Å². The highest BCUT2D eigenvalue weighted by molar-refractivity contribution is 5.75. The van der Waals surface area contributed by atoms with Crippen molar-refractivity contribution in [3.8, 4) is 0 Å². The summed E-state index contributed by atoms with van der Waals surface area (Å²) in [7, 11) is 0. The van der Waals surface area contributed by atoms with Crippen molar-refractivity contribution < 1.29 is 9.90 Å². The molecule has 0 aromatic carbocycles. The van der Waals surface area contributed by atoms with Crippen LogP contribution in [0.3, 0.4) is 0 Å². The third-order valence-corrected chi connectivity index (χ3v) is 2.67. The molecule has 1 fully saturated rings. The predicted octanol–water partition coefficient (Wildman–Crippen LogP) is -0.347. The molecule has 0 unspecified atom stereocenters. The minimum Gasteiger partial charge on any atom is -0.480 e. The molecule has 0 bridgehead atoms. The Kier molecular flexibility index (Phi) is 2.99. The maximum absolute atomic E-state index is 11.3. The molecule has 1 saturated carbocycles. The van der Waals surface area contributed by atoms with Crippen molar-refractivity contribution in [2.75, 3.05) is 23.7 Å². The Hall–Kier alpha value is -2.05. The van der Waals surface area contributed by atoms with E-state index in [9.17, 15) is 9.59 Å². The van der Waals surface area contributed by atoms with Gasteiger partial charge in [-0.2, -0.15) is 0 Å². The zero-order valence-electron chi connectivity index (χ0n) is 9.22. The van der Waals surface area contributed by atoms with Gasteiger partial charge in [0.1, 0.15) is 12.2 Å². The fourth-order valence-corrected chi connectivity index (χ4v) is 1.65. The summed E-state index contributed by atoms with van der Waals surface area (Å²) in [6, 6.07) is 0. The molecule has 1 aliphatic rings. The van der Waals surface area contributed by atoms with Gasteiger partial charge in [0.15, 0.2) is 5.82 Å². The van der Waals surface area contributed by atoms with Crippen molar-refractivity contribution in [1.82, 2.24) is 9.97 Å². The predicted molar refractivity (Wildman–Crippen MR) is 61.8 cm³/mol. The van der Waals surface area contributed by atoms with E-state index in [2.05, 4.69) is 9.97 Å². The van der Waals surface area contributed by atoms with E-state index >= 15 is 0 Å². The van der Waals surface area contributed by atoms with Crippen LogP contribution < -0.4 is 16.2 Å². The number of nitrogens with zero attached hydrogens (tertiary/aromatic N) is 2. The molecule has 1 aromatic heterocycles. The van der Waals surface area contributed by atoms with Gasteiger partial charge in [0.05, 0.1) is 6.33 Å².